The summed E-state index contributed by atoms with van der Waals surface area (Å²) in [7, 11) is -3.62. The van der Waals surface area contributed by atoms with Crippen LogP contribution in [0.1, 0.15) is 10.5 Å². The molecule has 2 aromatic carbocycles. The van der Waals surface area contributed by atoms with E-state index in [1.807, 2.05) is 30.3 Å². The molecule has 2 heterocycles. The minimum atomic E-state index is -3.62. The molecule has 1 aliphatic rings. The van der Waals surface area contributed by atoms with Gasteiger partial charge in [-0.25, -0.2) is 13.4 Å². The number of benzene rings is 2. The van der Waals surface area contributed by atoms with E-state index in [0.29, 0.717) is 23.3 Å². The first-order valence-electron chi connectivity index (χ1n) is 9.10. The lowest BCUT2D eigenvalue weighted by Gasteiger charge is -2.34. The Bertz CT molecular complexity index is 1120. The molecule has 0 atom stereocenters. The Labute approximate surface area is 177 Å². The van der Waals surface area contributed by atoms with Gasteiger partial charge in [0.15, 0.2) is 0 Å². The molecule has 1 saturated heterocycles. The highest BCUT2D eigenvalue weighted by atomic mass is 79.9. The second-order valence-corrected chi connectivity index (χ2v) is 9.37. The molecular formula is C20H19BrN4O3S. The number of para-hydroxylation sites is 1. The van der Waals surface area contributed by atoms with Crippen molar-refractivity contribution in [1.29, 1.82) is 0 Å². The van der Waals surface area contributed by atoms with Crippen LogP contribution in [0.3, 0.4) is 0 Å². The number of carbonyl (C=O) groups excluding carboxylic acids is 1. The zero-order valence-corrected chi connectivity index (χ0v) is 17.9. The SMILES string of the molecule is O=C(c1cncn1-c1ccccc1)N1CCN(S(=O)(=O)c2ccccc2Br)CC1. The number of nitrogens with zero attached hydrogens (tertiary/aromatic N) is 4. The molecule has 0 spiro atoms. The summed E-state index contributed by atoms with van der Waals surface area (Å²) in [5.74, 6) is -0.163. The van der Waals surface area contributed by atoms with Crippen molar-refractivity contribution in [1.82, 2.24) is 18.8 Å². The summed E-state index contributed by atoms with van der Waals surface area (Å²) in [6, 6.07) is 16.3. The Morgan fingerprint density at radius 3 is 2.28 bits per heavy atom. The standard InChI is InChI=1S/C20H19BrN4O3S/c21-17-8-4-5-9-19(17)29(27,28)24-12-10-23(11-13-24)20(26)18-14-22-15-25(18)16-6-2-1-3-7-16/h1-9,14-15H,10-13H2. The number of amides is 1. The van der Waals surface area contributed by atoms with Crippen LogP contribution in [0.15, 0.2) is 76.5 Å². The summed E-state index contributed by atoms with van der Waals surface area (Å²) < 4.78 is 29.6. The lowest BCUT2D eigenvalue weighted by molar-refractivity contribution is 0.0689. The van der Waals surface area contributed by atoms with E-state index in [1.165, 1.54) is 4.31 Å². The molecule has 1 aromatic heterocycles. The molecule has 3 aromatic rings. The maximum atomic E-state index is 13.0. The number of halogens is 1. The van der Waals surface area contributed by atoms with Crippen LogP contribution < -0.4 is 0 Å². The van der Waals surface area contributed by atoms with Crippen molar-refractivity contribution in [3.63, 3.8) is 0 Å². The third-order valence-electron chi connectivity index (χ3n) is 4.87. The van der Waals surface area contributed by atoms with Crippen molar-refractivity contribution < 1.29 is 13.2 Å². The largest absolute Gasteiger partial charge is 0.335 e. The molecule has 1 aliphatic heterocycles. The van der Waals surface area contributed by atoms with Crippen LogP contribution in [-0.4, -0.2) is 59.3 Å². The first-order chi connectivity index (χ1) is 14.0. The van der Waals surface area contributed by atoms with Crippen LogP contribution in [0, 0.1) is 0 Å². The average Bonchev–Trinajstić information content (AvgIpc) is 3.24. The van der Waals surface area contributed by atoms with Crippen molar-refractivity contribution >= 4 is 31.9 Å². The van der Waals surface area contributed by atoms with Crippen molar-refractivity contribution in [2.45, 2.75) is 4.90 Å². The monoisotopic (exact) mass is 474 g/mol. The topological polar surface area (TPSA) is 75.5 Å². The van der Waals surface area contributed by atoms with E-state index in [-0.39, 0.29) is 23.9 Å². The van der Waals surface area contributed by atoms with Gasteiger partial charge in [0.05, 0.1) is 17.4 Å². The Hall–Kier alpha value is -2.49. The van der Waals surface area contributed by atoms with Gasteiger partial charge in [0.2, 0.25) is 10.0 Å². The highest BCUT2D eigenvalue weighted by molar-refractivity contribution is 9.10. The highest BCUT2D eigenvalue weighted by Gasteiger charge is 2.32. The van der Waals surface area contributed by atoms with E-state index in [2.05, 4.69) is 20.9 Å². The Morgan fingerprint density at radius 2 is 1.59 bits per heavy atom. The molecule has 0 N–H and O–H groups in total. The van der Waals surface area contributed by atoms with Gasteiger partial charge in [-0.05, 0) is 40.2 Å². The first-order valence-corrected chi connectivity index (χ1v) is 11.3. The molecule has 0 aliphatic carbocycles. The maximum Gasteiger partial charge on any atom is 0.272 e. The lowest BCUT2D eigenvalue weighted by atomic mass is 10.3. The summed E-state index contributed by atoms with van der Waals surface area (Å²) in [5, 5.41) is 0. The summed E-state index contributed by atoms with van der Waals surface area (Å²) in [4.78, 5) is 19.1. The van der Waals surface area contributed by atoms with Crippen LogP contribution in [0.2, 0.25) is 0 Å². The van der Waals surface area contributed by atoms with Crippen molar-refractivity contribution in [2.75, 3.05) is 26.2 Å². The number of carbonyl (C=O) groups is 1. The second-order valence-electron chi connectivity index (χ2n) is 6.61. The highest BCUT2D eigenvalue weighted by Crippen LogP contribution is 2.25. The average molecular weight is 475 g/mol. The molecule has 0 unspecified atom stereocenters. The van der Waals surface area contributed by atoms with E-state index in [9.17, 15) is 13.2 Å². The third-order valence-corrected chi connectivity index (χ3v) is 7.78. The van der Waals surface area contributed by atoms with Gasteiger partial charge < -0.3 is 4.90 Å². The van der Waals surface area contributed by atoms with Gasteiger partial charge in [-0.2, -0.15) is 4.31 Å². The van der Waals surface area contributed by atoms with Crippen LogP contribution >= 0.6 is 15.9 Å². The first kappa shape index (κ1) is 19.8. The minimum Gasteiger partial charge on any atom is -0.335 e. The number of imidazole rings is 1. The molecule has 7 nitrogen and oxygen atoms in total. The number of hydrogen-bond acceptors (Lipinski definition) is 4. The van der Waals surface area contributed by atoms with Gasteiger partial charge in [-0.3, -0.25) is 9.36 Å². The van der Waals surface area contributed by atoms with Crippen LogP contribution in [0.4, 0.5) is 0 Å². The van der Waals surface area contributed by atoms with E-state index < -0.39 is 10.0 Å². The van der Waals surface area contributed by atoms with Crippen LogP contribution in [0.25, 0.3) is 5.69 Å². The van der Waals surface area contributed by atoms with Gasteiger partial charge in [0.25, 0.3) is 5.91 Å². The fourth-order valence-electron chi connectivity index (χ4n) is 3.33. The fourth-order valence-corrected chi connectivity index (χ4v) is 5.72. The fraction of sp³-hybridized carbons (Fsp3) is 0.200. The quantitative estimate of drug-likeness (QED) is 0.582. The molecule has 9 heteroatoms. The number of aromatic nitrogens is 2. The minimum absolute atomic E-state index is 0.163. The van der Waals surface area contributed by atoms with E-state index in [1.54, 1.807) is 46.3 Å². The van der Waals surface area contributed by atoms with Crippen LogP contribution in [0.5, 0.6) is 0 Å². The molecule has 1 amide bonds. The van der Waals surface area contributed by atoms with Gasteiger partial charge in [0, 0.05) is 36.3 Å². The summed E-state index contributed by atoms with van der Waals surface area (Å²) in [6.07, 6.45) is 3.15. The van der Waals surface area contributed by atoms with Gasteiger partial charge in [0.1, 0.15) is 5.69 Å². The molecule has 0 radical (unpaired) electrons. The van der Waals surface area contributed by atoms with Gasteiger partial charge in [-0.1, -0.05) is 30.3 Å². The van der Waals surface area contributed by atoms with Gasteiger partial charge >= 0.3 is 0 Å². The van der Waals surface area contributed by atoms with Crippen LogP contribution in [-0.2, 0) is 10.0 Å². The third kappa shape index (κ3) is 3.85. The molecule has 0 bridgehead atoms. The summed E-state index contributed by atoms with van der Waals surface area (Å²) >= 11 is 3.31. The van der Waals surface area contributed by atoms with E-state index in [0.717, 1.165) is 5.69 Å². The lowest BCUT2D eigenvalue weighted by Crippen LogP contribution is -2.50. The number of hydrogen-bond donors (Lipinski definition) is 0. The molecule has 1 fully saturated rings. The number of sulfonamides is 1. The van der Waals surface area contributed by atoms with Crippen molar-refractivity contribution in [2.24, 2.45) is 0 Å². The second kappa shape index (κ2) is 8.10. The van der Waals surface area contributed by atoms with E-state index in [4.69, 9.17) is 0 Å². The van der Waals surface area contributed by atoms with Crippen molar-refractivity contribution in [3.05, 3.63) is 77.3 Å². The summed E-state index contributed by atoms with van der Waals surface area (Å²) in [5.41, 5.74) is 1.31. The predicted molar refractivity (Wildman–Crippen MR) is 112 cm³/mol. The molecule has 29 heavy (non-hydrogen) atoms. The zero-order valence-electron chi connectivity index (χ0n) is 15.5. The van der Waals surface area contributed by atoms with Crippen molar-refractivity contribution in [3.8, 4) is 5.69 Å². The Morgan fingerprint density at radius 1 is 0.931 bits per heavy atom. The molecule has 150 valence electrons. The zero-order chi connectivity index (χ0) is 20.4. The number of piperazine rings is 1. The molecule has 4 rings (SSSR count). The number of rotatable bonds is 4. The predicted octanol–water partition coefficient (Wildman–Crippen LogP) is 2.78. The van der Waals surface area contributed by atoms with Gasteiger partial charge in [-0.15, -0.1) is 0 Å². The maximum absolute atomic E-state index is 13.0. The Kier molecular flexibility index (Phi) is 5.53. The summed E-state index contributed by atoms with van der Waals surface area (Å²) in [6.45, 7) is 1.13. The van der Waals surface area contributed by atoms with E-state index >= 15 is 0 Å². The smallest absolute Gasteiger partial charge is 0.272 e. The molecular weight excluding hydrogens is 456 g/mol. The molecule has 0 saturated carbocycles. The Balaban J connectivity index is 1.49. The normalized spacial score (nSPS) is 15.4.